The van der Waals surface area contributed by atoms with Gasteiger partial charge in [0, 0.05) is 5.02 Å². The average molecular weight is 284 g/mol. The number of amides is 1. The zero-order valence-corrected chi connectivity index (χ0v) is 10.9. The second-order valence-electron chi connectivity index (χ2n) is 3.54. The van der Waals surface area contributed by atoms with E-state index in [-0.39, 0.29) is 19.8 Å². The summed E-state index contributed by atoms with van der Waals surface area (Å²) in [6.45, 7) is 0.343. The molecule has 0 aromatic heterocycles. The molecule has 0 aliphatic carbocycles. The predicted molar refractivity (Wildman–Crippen MR) is 71.1 cm³/mol. The number of terminal acetylenes is 1. The van der Waals surface area contributed by atoms with Gasteiger partial charge in [0.15, 0.2) is 6.10 Å². The predicted octanol–water partition coefficient (Wildman–Crippen LogP) is 1.83. The highest BCUT2D eigenvalue weighted by molar-refractivity contribution is 6.30. The molecule has 0 fully saturated rings. The maximum atomic E-state index is 10.7. The van der Waals surface area contributed by atoms with Crippen molar-refractivity contribution in [1.82, 2.24) is 0 Å². The molecule has 102 valence electrons. The van der Waals surface area contributed by atoms with Crippen LogP contribution in [0.4, 0.5) is 4.79 Å². The van der Waals surface area contributed by atoms with Gasteiger partial charge in [0.25, 0.3) is 0 Å². The normalized spacial score (nSPS) is 11.4. The number of nitrogens with two attached hydrogens (primary N) is 1. The van der Waals surface area contributed by atoms with Crippen molar-refractivity contribution in [1.29, 1.82) is 0 Å². The van der Waals surface area contributed by atoms with E-state index in [1.54, 1.807) is 24.3 Å². The van der Waals surface area contributed by atoms with Gasteiger partial charge in [-0.15, -0.1) is 6.42 Å². The van der Waals surface area contributed by atoms with Crippen LogP contribution in [-0.2, 0) is 9.47 Å². The third-order valence-electron chi connectivity index (χ3n) is 2.02. The zero-order valence-electron chi connectivity index (χ0n) is 10.2. The van der Waals surface area contributed by atoms with Gasteiger partial charge in [-0.3, -0.25) is 0 Å². The molecule has 0 saturated heterocycles. The molecule has 1 atom stereocenters. The van der Waals surface area contributed by atoms with Crippen LogP contribution in [0.25, 0.3) is 0 Å². The van der Waals surface area contributed by atoms with Crippen molar-refractivity contribution in [2.24, 2.45) is 5.73 Å². The number of halogens is 1. The average Bonchev–Trinajstić information content (AvgIpc) is 2.37. The molecule has 0 saturated carbocycles. The number of benzene rings is 1. The van der Waals surface area contributed by atoms with Crippen molar-refractivity contribution in [2.75, 3.05) is 19.8 Å². The molecule has 1 aromatic rings. The van der Waals surface area contributed by atoms with E-state index in [1.807, 2.05) is 0 Å². The van der Waals surface area contributed by atoms with Crippen LogP contribution in [-0.4, -0.2) is 32.0 Å². The minimum Gasteiger partial charge on any atom is -0.490 e. The summed E-state index contributed by atoms with van der Waals surface area (Å²) in [6, 6.07) is 6.78. The molecule has 0 bridgehead atoms. The number of ether oxygens (including phenoxy) is 3. The van der Waals surface area contributed by atoms with Gasteiger partial charge in [0.05, 0.1) is 6.61 Å². The summed E-state index contributed by atoms with van der Waals surface area (Å²) in [7, 11) is 0. The Labute approximate surface area is 116 Å². The molecule has 1 amide bonds. The molecular weight excluding hydrogens is 270 g/mol. The standard InChI is InChI=1S/C13H14ClNO4/c1-2-7-17-8-12(19-13(15)16)9-18-11-5-3-10(14)4-6-11/h1,3-6,12H,7-9H2,(H2,15,16). The van der Waals surface area contributed by atoms with Gasteiger partial charge in [-0.1, -0.05) is 17.5 Å². The maximum Gasteiger partial charge on any atom is 0.404 e. The first-order chi connectivity index (χ1) is 9.11. The highest BCUT2D eigenvalue weighted by Crippen LogP contribution is 2.15. The van der Waals surface area contributed by atoms with E-state index in [1.165, 1.54) is 0 Å². The van der Waals surface area contributed by atoms with E-state index in [0.717, 1.165) is 0 Å². The zero-order chi connectivity index (χ0) is 14.1. The number of hydrogen-bond donors (Lipinski definition) is 1. The first-order valence-corrected chi connectivity index (χ1v) is 5.85. The highest BCUT2D eigenvalue weighted by atomic mass is 35.5. The van der Waals surface area contributed by atoms with E-state index in [2.05, 4.69) is 5.92 Å². The van der Waals surface area contributed by atoms with Gasteiger partial charge in [-0.25, -0.2) is 4.79 Å². The van der Waals surface area contributed by atoms with Gasteiger partial charge in [0.1, 0.15) is 19.0 Å². The number of rotatable bonds is 7. The third kappa shape index (κ3) is 6.55. The topological polar surface area (TPSA) is 70.8 Å². The van der Waals surface area contributed by atoms with Crippen LogP contribution in [0, 0.1) is 12.3 Å². The van der Waals surface area contributed by atoms with Crippen LogP contribution in [0.2, 0.25) is 5.02 Å². The molecule has 5 nitrogen and oxygen atoms in total. The number of hydrogen-bond acceptors (Lipinski definition) is 4. The van der Waals surface area contributed by atoms with Crippen LogP contribution in [0.3, 0.4) is 0 Å². The summed E-state index contributed by atoms with van der Waals surface area (Å²) >= 11 is 5.75. The molecule has 1 rings (SSSR count). The summed E-state index contributed by atoms with van der Waals surface area (Å²) < 4.78 is 15.4. The van der Waals surface area contributed by atoms with Gasteiger partial charge < -0.3 is 19.9 Å². The second-order valence-corrected chi connectivity index (χ2v) is 3.98. The van der Waals surface area contributed by atoms with Gasteiger partial charge in [-0.05, 0) is 24.3 Å². The Morgan fingerprint density at radius 3 is 2.63 bits per heavy atom. The smallest absolute Gasteiger partial charge is 0.404 e. The Kier molecular flexibility index (Phi) is 6.58. The van der Waals surface area contributed by atoms with Crippen molar-refractivity contribution in [3.63, 3.8) is 0 Å². The molecule has 19 heavy (non-hydrogen) atoms. The van der Waals surface area contributed by atoms with E-state index < -0.39 is 12.2 Å². The lowest BCUT2D eigenvalue weighted by atomic mass is 10.3. The first-order valence-electron chi connectivity index (χ1n) is 5.47. The van der Waals surface area contributed by atoms with Gasteiger partial charge >= 0.3 is 6.09 Å². The highest BCUT2D eigenvalue weighted by Gasteiger charge is 2.14. The van der Waals surface area contributed by atoms with Crippen LogP contribution < -0.4 is 10.5 Å². The Morgan fingerprint density at radius 2 is 2.05 bits per heavy atom. The van der Waals surface area contributed by atoms with E-state index in [9.17, 15) is 4.79 Å². The molecule has 2 N–H and O–H groups in total. The quantitative estimate of drug-likeness (QED) is 0.612. The lowest BCUT2D eigenvalue weighted by molar-refractivity contribution is 0.0101. The monoisotopic (exact) mass is 283 g/mol. The number of primary amides is 1. The van der Waals surface area contributed by atoms with Crippen molar-refractivity contribution in [3.05, 3.63) is 29.3 Å². The Balaban J connectivity index is 2.45. The Hall–Kier alpha value is -1.90. The summed E-state index contributed by atoms with van der Waals surface area (Å²) in [5.41, 5.74) is 4.96. The minimum absolute atomic E-state index is 0.106. The molecule has 0 radical (unpaired) electrons. The van der Waals surface area contributed by atoms with Crippen LogP contribution >= 0.6 is 11.6 Å². The largest absolute Gasteiger partial charge is 0.490 e. The van der Waals surface area contributed by atoms with Crippen LogP contribution in [0.5, 0.6) is 5.75 Å². The fraction of sp³-hybridized carbons (Fsp3) is 0.308. The van der Waals surface area contributed by atoms with E-state index in [4.69, 9.17) is 38.0 Å². The fourth-order valence-electron chi connectivity index (χ4n) is 1.25. The Morgan fingerprint density at radius 1 is 1.37 bits per heavy atom. The van der Waals surface area contributed by atoms with Crippen molar-refractivity contribution >= 4 is 17.7 Å². The summed E-state index contributed by atoms with van der Waals surface area (Å²) in [5, 5.41) is 0.606. The number of carbonyl (C=O) groups excluding carboxylic acids is 1. The molecule has 0 heterocycles. The van der Waals surface area contributed by atoms with Crippen LogP contribution in [0.1, 0.15) is 0 Å². The molecule has 1 aromatic carbocycles. The fourth-order valence-corrected chi connectivity index (χ4v) is 1.38. The molecule has 6 heteroatoms. The van der Waals surface area contributed by atoms with Gasteiger partial charge in [-0.2, -0.15) is 0 Å². The first kappa shape index (κ1) is 15.2. The maximum absolute atomic E-state index is 10.7. The summed E-state index contributed by atoms with van der Waals surface area (Å²) in [4.78, 5) is 10.7. The summed E-state index contributed by atoms with van der Waals surface area (Å²) in [6.07, 6.45) is 3.53. The number of carbonyl (C=O) groups is 1. The third-order valence-corrected chi connectivity index (χ3v) is 2.27. The molecular formula is C13H14ClNO4. The molecule has 1 unspecified atom stereocenters. The van der Waals surface area contributed by atoms with Crippen LogP contribution in [0.15, 0.2) is 24.3 Å². The van der Waals surface area contributed by atoms with Crippen molar-refractivity contribution < 1.29 is 19.0 Å². The minimum atomic E-state index is -0.894. The lowest BCUT2D eigenvalue weighted by Gasteiger charge is -2.17. The Bertz CT molecular complexity index is 441. The molecule has 0 aliphatic heterocycles. The molecule has 0 spiro atoms. The van der Waals surface area contributed by atoms with Crippen molar-refractivity contribution in [2.45, 2.75) is 6.10 Å². The summed E-state index contributed by atoms with van der Waals surface area (Å²) in [5.74, 6) is 2.90. The lowest BCUT2D eigenvalue weighted by Crippen LogP contribution is -2.32. The second kappa shape index (κ2) is 8.25. The molecule has 0 aliphatic rings. The van der Waals surface area contributed by atoms with Crippen molar-refractivity contribution in [3.8, 4) is 18.1 Å². The van der Waals surface area contributed by atoms with E-state index in [0.29, 0.717) is 10.8 Å². The van der Waals surface area contributed by atoms with E-state index >= 15 is 0 Å². The SMILES string of the molecule is C#CCOCC(COc1ccc(Cl)cc1)OC(N)=O. The van der Waals surface area contributed by atoms with Gasteiger partial charge in [0.2, 0.25) is 0 Å².